The van der Waals surface area contributed by atoms with E-state index in [4.69, 9.17) is 22.2 Å². The van der Waals surface area contributed by atoms with Crippen molar-refractivity contribution in [1.29, 1.82) is 5.26 Å². The van der Waals surface area contributed by atoms with E-state index in [0.29, 0.717) is 30.8 Å². The zero-order chi connectivity index (χ0) is 25.8. The van der Waals surface area contributed by atoms with Crippen LogP contribution in [0.1, 0.15) is 36.8 Å². The normalized spacial score (nSPS) is 21.1. The first-order chi connectivity index (χ1) is 17.1. The Morgan fingerprint density at radius 2 is 1.89 bits per heavy atom. The number of ether oxygens (including phenoxy) is 1. The van der Waals surface area contributed by atoms with Gasteiger partial charge in [-0.2, -0.15) is 18.4 Å². The van der Waals surface area contributed by atoms with E-state index >= 15 is 0 Å². The fraction of sp³-hybridized carbons (Fsp3) is 0.400. The summed E-state index contributed by atoms with van der Waals surface area (Å²) in [6.45, 7) is 0.345. The lowest BCUT2D eigenvalue weighted by molar-refractivity contribution is -0.137. The van der Waals surface area contributed by atoms with Crippen LogP contribution in [0.3, 0.4) is 0 Å². The average molecular weight is 517 g/mol. The second-order valence-corrected chi connectivity index (χ2v) is 9.66. The van der Waals surface area contributed by atoms with Crippen LogP contribution in [0, 0.1) is 11.3 Å². The highest BCUT2D eigenvalue weighted by molar-refractivity contribution is 7.81. The maximum absolute atomic E-state index is 13.9. The second kappa shape index (κ2) is 8.64. The molecule has 1 saturated carbocycles. The number of carbonyl (C=O) groups excluding carboxylic acids is 1. The number of nitrogens with zero attached hydrogens (tertiary/aromatic N) is 4. The van der Waals surface area contributed by atoms with Gasteiger partial charge in [0.25, 0.3) is 5.91 Å². The molecular weight excluding hydrogens is 493 g/mol. The van der Waals surface area contributed by atoms with Crippen LogP contribution < -0.4 is 19.4 Å². The van der Waals surface area contributed by atoms with E-state index in [1.165, 1.54) is 11.0 Å². The zero-order valence-electron chi connectivity index (χ0n) is 19.4. The van der Waals surface area contributed by atoms with Gasteiger partial charge in [0, 0.05) is 12.7 Å². The third kappa shape index (κ3) is 3.67. The summed E-state index contributed by atoms with van der Waals surface area (Å²) in [5.74, 6) is 0.215. The quantitative estimate of drug-likeness (QED) is 0.612. The van der Waals surface area contributed by atoms with Gasteiger partial charge in [-0.05, 0) is 61.5 Å². The van der Waals surface area contributed by atoms with Crippen LogP contribution in [0.25, 0.3) is 0 Å². The minimum Gasteiger partial charge on any atom is -0.484 e. The molecule has 2 aliphatic heterocycles. The number of hydrogen-bond donors (Lipinski definition) is 1. The van der Waals surface area contributed by atoms with Crippen molar-refractivity contribution in [3.8, 4) is 11.8 Å². The number of anilines is 3. The van der Waals surface area contributed by atoms with E-state index in [1.807, 2.05) is 18.0 Å². The summed E-state index contributed by atoms with van der Waals surface area (Å²) in [5, 5.41) is 18.7. The average Bonchev–Trinajstić information content (AvgIpc) is 3.41. The Bertz CT molecular complexity index is 1290. The van der Waals surface area contributed by atoms with Gasteiger partial charge >= 0.3 is 6.18 Å². The zero-order valence-corrected chi connectivity index (χ0v) is 20.2. The molecule has 0 radical (unpaired) electrons. The molecule has 1 saturated heterocycles. The minimum atomic E-state index is -4.76. The van der Waals surface area contributed by atoms with Crippen LogP contribution in [0.15, 0.2) is 36.4 Å². The number of carbonyl (C=O) groups is 1. The fourth-order valence-electron chi connectivity index (χ4n) is 5.42. The van der Waals surface area contributed by atoms with Crippen molar-refractivity contribution in [2.24, 2.45) is 0 Å². The molecule has 1 spiro atoms. The Kier molecular flexibility index (Phi) is 5.84. The summed E-state index contributed by atoms with van der Waals surface area (Å²) in [5.41, 5.74) is -1.25. The molecule has 1 aliphatic carbocycles. The molecule has 2 fully saturated rings. The topological polar surface area (TPSA) is 80.0 Å². The van der Waals surface area contributed by atoms with Gasteiger partial charge in [0.1, 0.15) is 17.4 Å². The van der Waals surface area contributed by atoms with Crippen molar-refractivity contribution in [1.82, 2.24) is 0 Å². The van der Waals surface area contributed by atoms with Crippen LogP contribution >= 0.6 is 12.2 Å². The van der Waals surface area contributed by atoms with E-state index in [1.54, 1.807) is 23.1 Å². The second-order valence-electron chi connectivity index (χ2n) is 9.29. The number of fused-ring (bicyclic) bond motifs is 1. The first-order valence-electron chi connectivity index (χ1n) is 11.5. The van der Waals surface area contributed by atoms with Crippen LogP contribution in [0.5, 0.6) is 5.75 Å². The number of hydrogen-bond acceptors (Lipinski definition) is 6. The van der Waals surface area contributed by atoms with Crippen molar-refractivity contribution < 1.29 is 27.8 Å². The number of alkyl halides is 3. The van der Waals surface area contributed by atoms with Crippen LogP contribution in [0.2, 0.25) is 0 Å². The molecule has 2 heterocycles. The Labute approximate surface area is 211 Å². The number of amides is 1. The molecule has 188 valence electrons. The summed E-state index contributed by atoms with van der Waals surface area (Å²) in [7, 11) is 1.87. The third-order valence-corrected chi connectivity index (χ3v) is 7.48. The highest BCUT2D eigenvalue weighted by Gasteiger charge is 2.57. The van der Waals surface area contributed by atoms with Crippen molar-refractivity contribution in [2.75, 3.05) is 34.9 Å². The fourth-order valence-corrected chi connectivity index (χ4v) is 5.89. The molecule has 7 nitrogen and oxygen atoms in total. The molecule has 11 heteroatoms. The molecular formula is C25H23F3N4O3S. The molecule has 1 atom stereocenters. The van der Waals surface area contributed by atoms with E-state index < -0.39 is 22.8 Å². The first kappa shape index (κ1) is 24.3. The molecule has 1 unspecified atom stereocenters. The summed E-state index contributed by atoms with van der Waals surface area (Å²) in [6, 6.07) is 10.2. The minimum absolute atomic E-state index is 0.0192. The van der Waals surface area contributed by atoms with E-state index in [2.05, 4.69) is 0 Å². The van der Waals surface area contributed by atoms with Crippen molar-refractivity contribution in [3.05, 3.63) is 47.5 Å². The molecule has 1 amide bonds. The molecule has 36 heavy (non-hydrogen) atoms. The highest BCUT2D eigenvalue weighted by atomic mass is 32.1. The van der Waals surface area contributed by atoms with Gasteiger partial charge in [0.05, 0.1) is 41.7 Å². The number of likely N-dealkylation sites (N-methyl/N-ethyl adjacent to an activating group) is 1. The largest absolute Gasteiger partial charge is 0.484 e. The van der Waals surface area contributed by atoms with Crippen molar-refractivity contribution >= 4 is 40.3 Å². The number of aliphatic hydroxyl groups excluding tert-OH is 1. The Morgan fingerprint density at radius 1 is 1.19 bits per heavy atom. The lowest BCUT2D eigenvalue weighted by Gasteiger charge is -2.36. The molecule has 0 aromatic heterocycles. The van der Waals surface area contributed by atoms with Gasteiger partial charge in [-0.25, -0.2) is 0 Å². The summed E-state index contributed by atoms with van der Waals surface area (Å²) < 4.78 is 46.8. The number of rotatable bonds is 3. The maximum Gasteiger partial charge on any atom is 0.417 e. The van der Waals surface area contributed by atoms with Gasteiger partial charge in [-0.1, -0.05) is 12.8 Å². The van der Waals surface area contributed by atoms with E-state index in [9.17, 15) is 23.1 Å². The van der Waals surface area contributed by atoms with Crippen molar-refractivity contribution in [2.45, 2.75) is 43.5 Å². The predicted octanol–water partition coefficient (Wildman–Crippen LogP) is 4.22. The van der Waals surface area contributed by atoms with Gasteiger partial charge in [-0.3, -0.25) is 9.69 Å². The predicted molar refractivity (Wildman–Crippen MR) is 131 cm³/mol. The summed E-state index contributed by atoms with van der Waals surface area (Å²) >= 11 is 5.74. The van der Waals surface area contributed by atoms with Gasteiger partial charge in [0.15, 0.2) is 5.11 Å². The Balaban J connectivity index is 1.60. The standard InChI is InChI=1S/C25H23F3N4O3S/c1-30-13-18(14-33)35-21-7-6-17(11-20(21)30)32-23(36)31(22(34)24(32)8-2-3-9-24)16-5-4-15(12-29)19(10-16)25(26,27)28/h4-7,10-11,18,33H,2-3,8-9,13-14H2,1H3. The Morgan fingerprint density at radius 3 is 2.53 bits per heavy atom. The van der Waals surface area contributed by atoms with Crippen LogP contribution in [-0.4, -0.2) is 48.0 Å². The molecule has 2 aromatic rings. The molecule has 1 N–H and O–H groups in total. The smallest absolute Gasteiger partial charge is 0.417 e. The maximum atomic E-state index is 13.9. The van der Waals surface area contributed by atoms with E-state index in [0.717, 1.165) is 30.7 Å². The Hall–Kier alpha value is -3.36. The highest BCUT2D eigenvalue weighted by Crippen LogP contribution is 2.48. The number of halogens is 3. The first-order valence-corrected chi connectivity index (χ1v) is 11.9. The monoisotopic (exact) mass is 516 g/mol. The van der Waals surface area contributed by atoms with Gasteiger partial charge in [-0.15, -0.1) is 0 Å². The number of thiocarbonyl (C=S) groups is 1. The summed E-state index contributed by atoms with van der Waals surface area (Å²) in [4.78, 5) is 18.7. The third-order valence-electron chi connectivity index (χ3n) is 7.12. The van der Waals surface area contributed by atoms with Gasteiger partial charge < -0.3 is 19.6 Å². The summed E-state index contributed by atoms with van der Waals surface area (Å²) in [6.07, 6.45) is -2.52. The van der Waals surface area contributed by atoms with E-state index in [-0.39, 0.29) is 29.4 Å². The van der Waals surface area contributed by atoms with Gasteiger partial charge in [0.2, 0.25) is 0 Å². The molecule has 0 bridgehead atoms. The number of benzene rings is 2. The molecule has 2 aromatic carbocycles. The van der Waals surface area contributed by atoms with Crippen LogP contribution in [0.4, 0.5) is 30.2 Å². The molecule has 3 aliphatic rings. The number of nitriles is 1. The lowest BCUT2D eigenvalue weighted by Crippen LogP contribution is -2.48. The lowest BCUT2D eigenvalue weighted by atomic mass is 9.94. The van der Waals surface area contributed by atoms with Crippen LogP contribution in [-0.2, 0) is 11.0 Å². The number of aliphatic hydroxyl groups is 1. The SMILES string of the molecule is CN1CC(CO)Oc2ccc(N3C(=S)N(c4ccc(C#N)c(C(F)(F)F)c4)C(=O)C34CCCC4)cc21. The van der Waals surface area contributed by atoms with Crippen molar-refractivity contribution in [3.63, 3.8) is 0 Å². The molecule has 5 rings (SSSR count).